The number of carbonyl (C=O) groups is 2. The summed E-state index contributed by atoms with van der Waals surface area (Å²) in [5.74, 6) is -1.77. The van der Waals surface area contributed by atoms with E-state index in [1.807, 2.05) is 5.32 Å². The van der Waals surface area contributed by atoms with E-state index in [4.69, 9.17) is 74.7 Å². The molecule has 0 aromatic heterocycles. The van der Waals surface area contributed by atoms with Crippen molar-refractivity contribution in [2.24, 2.45) is 0 Å². The lowest BCUT2D eigenvalue weighted by molar-refractivity contribution is -0.125. The van der Waals surface area contributed by atoms with Gasteiger partial charge in [-0.2, -0.15) is 0 Å². The van der Waals surface area contributed by atoms with Crippen LogP contribution in [0.25, 0.3) is 0 Å². The molecule has 2 unspecified atom stereocenters. The van der Waals surface area contributed by atoms with E-state index in [9.17, 15) is 9.59 Å². The quantitative estimate of drug-likeness (QED) is 0.318. The zero-order valence-corrected chi connectivity index (χ0v) is 15.1. The highest BCUT2D eigenvalue weighted by atomic mass is 35.5. The molecule has 2 rings (SSSR count). The van der Waals surface area contributed by atoms with Crippen LogP contribution >= 0.6 is 69.6 Å². The molecular weight excluding hydrogens is 409 g/mol. The van der Waals surface area contributed by atoms with E-state index in [2.05, 4.69) is 0 Å². The zero-order chi connectivity index (χ0) is 16.0. The molecule has 1 saturated heterocycles. The number of hydrogen-bond donors (Lipinski definition) is 3. The first-order valence-corrected chi connectivity index (χ1v) is 7.49. The molecule has 1 aliphatic carbocycles. The van der Waals surface area contributed by atoms with E-state index in [0.717, 1.165) is 12.2 Å². The van der Waals surface area contributed by atoms with Crippen LogP contribution in [-0.4, -0.2) is 41.9 Å². The number of amides is 2. The van der Waals surface area contributed by atoms with Gasteiger partial charge in [0.2, 0.25) is 0 Å². The van der Waals surface area contributed by atoms with Crippen LogP contribution in [0.4, 0.5) is 0 Å². The number of nitrogens with one attached hydrogen (secondary N) is 1. The molecule has 2 amide bonds. The molecule has 11 heteroatoms. The van der Waals surface area contributed by atoms with Crippen molar-refractivity contribution in [1.29, 1.82) is 0 Å². The van der Waals surface area contributed by atoms with Crippen molar-refractivity contribution in [3.63, 3.8) is 0 Å². The SMILES string of the molecule is CCO.N.O=C1NC(=O)C2(Cl)C1(Cl)C=CC(Cl)(Cl)C2(Cl)Cl. The lowest BCUT2D eigenvalue weighted by Gasteiger charge is -2.47. The highest BCUT2D eigenvalue weighted by molar-refractivity contribution is 6.71. The predicted octanol–water partition coefficient (Wildman–Crippen LogP) is 2.68. The predicted molar refractivity (Wildman–Crippen MR) is 86.1 cm³/mol. The summed E-state index contributed by atoms with van der Waals surface area (Å²) in [6, 6.07) is 0. The maximum atomic E-state index is 11.8. The van der Waals surface area contributed by atoms with Gasteiger partial charge in [-0.3, -0.25) is 14.9 Å². The first-order chi connectivity index (χ1) is 8.92. The molecule has 0 aromatic rings. The van der Waals surface area contributed by atoms with Gasteiger partial charge in [-0.05, 0) is 13.0 Å². The van der Waals surface area contributed by atoms with Gasteiger partial charge in [-0.15, -0.1) is 23.2 Å². The van der Waals surface area contributed by atoms with Gasteiger partial charge in [0.15, 0.2) is 18.4 Å². The highest BCUT2D eigenvalue weighted by Gasteiger charge is 2.79. The molecule has 1 aliphatic heterocycles. The molecule has 0 saturated carbocycles. The van der Waals surface area contributed by atoms with Crippen molar-refractivity contribution in [2.45, 2.75) is 25.3 Å². The minimum Gasteiger partial charge on any atom is -0.397 e. The standard InChI is InChI=1S/C8H3Cl6NO2.C2H6O.H3N/c9-5-1-2-6(10,11)8(13,14)7(5,12)4(17)15-3(5)16;1-2-3;/h1-2H,(H,15,16,17);3H,2H2,1H3;1H3. The first kappa shape index (κ1) is 21.5. The molecule has 0 spiro atoms. The van der Waals surface area contributed by atoms with Crippen LogP contribution in [0.2, 0.25) is 0 Å². The Bertz CT molecular complexity index is 483. The van der Waals surface area contributed by atoms with Gasteiger partial charge in [-0.1, -0.05) is 52.5 Å². The van der Waals surface area contributed by atoms with Gasteiger partial charge in [-0.25, -0.2) is 0 Å². The maximum Gasteiger partial charge on any atom is 0.254 e. The Hall–Kier alpha value is 0.540. The van der Waals surface area contributed by atoms with Gasteiger partial charge in [0.25, 0.3) is 11.8 Å². The number of halogens is 6. The molecule has 0 radical (unpaired) electrons. The topological polar surface area (TPSA) is 101 Å². The van der Waals surface area contributed by atoms with Crippen LogP contribution in [0.15, 0.2) is 12.2 Å². The fourth-order valence-corrected chi connectivity index (χ4v) is 3.60. The Labute approximate surface area is 151 Å². The van der Waals surface area contributed by atoms with Gasteiger partial charge in [0.05, 0.1) is 0 Å². The third kappa shape index (κ3) is 2.76. The third-order valence-electron chi connectivity index (χ3n) is 2.75. The number of imide groups is 1. The zero-order valence-electron chi connectivity index (χ0n) is 10.6. The summed E-state index contributed by atoms with van der Waals surface area (Å²) < 4.78 is -4.05. The number of rotatable bonds is 0. The van der Waals surface area contributed by atoms with Crippen molar-refractivity contribution >= 4 is 81.4 Å². The average molecular weight is 421 g/mol. The summed E-state index contributed by atoms with van der Waals surface area (Å²) in [5, 5.41) is 9.52. The average Bonchev–Trinajstić information content (AvgIpc) is 2.50. The number of fused-ring (bicyclic) bond motifs is 1. The van der Waals surface area contributed by atoms with Gasteiger partial charge in [0.1, 0.15) is 0 Å². The molecule has 5 N–H and O–H groups in total. The smallest absolute Gasteiger partial charge is 0.254 e. The Morgan fingerprint density at radius 1 is 1.05 bits per heavy atom. The monoisotopic (exact) mass is 418 g/mol. The van der Waals surface area contributed by atoms with Crippen molar-refractivity contribution < 1.29 is 14.7 Å². The van der Waals surface area contributed by atoms with E-state index >= 15 is 0 Å². The second-order valence-corrected chi connectivity index (χ2v) is 7.88. The summed E-state index contributed by atoms with van der Waals surface area (Å²) >= 11 is 35.8. The lowest BCUT2D eigenvalue weighted by Crippen LogP contribution is -2.66. The van der Waals surface area contributed by atoms with E-state index < -0.39 is 30.2 Å². The summed E-state index contributed by atoms with van der Waals surface area (Å²) in [7, 11) is 0. The van der Waals surface area contributed by atoms with Crippen LogP contribution in [-0.2, 0) is 9.59 Å². The Balaban J connectivity index is 0.000000922. The number of aliphatic hydroxyl groups excluding tert-OH is 1. The maximum absolute atomic E-state index is 11.8. The number of carbonyl (C=O) groups excluding carboxylic acids is 2. The van der Waals surface area contributed by atoms with Crippen LogP contribution in [0.3, 0.4) is 0 Å². The molecule has 1 fully saturated rings. The van der Waals surface area contributed by atoms with Crippen molar-refractivity contribution in [3.05, 3.63) is 12.2 Å². The van der Waals surface area contributed by atoms with Gasteiger partial charge in [0, 0.05) is 6.61 Å². The summed E-state index contributed by atoms with van der Waals surface area (Å²) in [6.07, 6.45) is 2.24. The van der Waals surface area contributed by atoms with E-state index in [-0.39, 0.29) is 12.8 Å². The minimum absolute atomic E-state index is 0. The molecule has 21 heavy (non-hydrogen) atoms. The number of aliphatic hydroxyl groups is 1. The van der Waals surface area contributed by atoms with Crippen LogP contribution in [0, 0.1) is 0 Å². The lowest BCUT2D eigenvalue weighted by atomic mass is 9.82. The molecule has 122 valence electrons. The molecule has 1 heterocycles. The second kappa shape index (κ2) is 6.57. The fraction of sp³-hybridized carbons (Fsp3) is 0.600. The summed E-state index contributed by atoms with van der Waals surface area (Å²) in [6.45, 7) is 1.93. The van der Waals surface area contributed by atoms with Gasteiger partial charge >= 0.3 is 0 Å². The molecule has 2 aliphatic rings. The van der Waals surface area contributed by atoms with E-state index in [1.165, 1.54) is 0 Å². The molecular formula is C10H12Cl6N2O3. The van der Waals surface area contributed by atoms with Gasteiger partial charge < -0.3 is 11.3 Å². The number of hydrogen-bond acceptors (Lipinski definition) is 4. The number of alkyl halides is 6. The second-order valence-electron chi connectivity index (χ2n) is 4.00. The van der Waals surface area contributed by atoms with Crippen molar-refractivity contribution in [3.8, 4) is 0 Å². The van der Waals surface area contributed by atoms with E-state index in [0.29, 0.717) is 0 Å². The first-order valence-electron chi connectivity index (χ1n) is 5.23. The van der Waals surface area contributed by atoms with E-state index in [1.54, 1.807) is 6.92 Å². The van der Waals surface area contributed by atoms with Crippen LogP contribution < -0.4 is 11.5 Å². The molecule has 2 atom stereocenters. The fourth-order valence-electron chi connectivity index (χ4n) is 1.72. The van der Waals surface area contributed by atoms with Crippen LogP contribution in [0.1, 0.15) is 6.92 Å². The Morgan fingerprint density at radius 2 is 1.48 bits per heavy atom. The third-order valence-corrected chi connectivity index (χ3v) is 6.74. The number of allylic oxidation sites excluding steroid dienone is 1. The van der Waals surface area contributed by atoms with Crippen molar-refractivity contribution in [1.82, 2.24) is 11.5 Å². The Morgan fingerprint density at radius 3 is 1.90 bits per heavy atom. The van der Waals surface area contributed by atoms with Crippen LogP contribution in [0.5, 0.6) is 0 Å². The largest absolute Gasteiger partial charge is 0.397 e. The summed E-state index contributed by atoms with van der Waals surface area (Å²) in [4.78, 5) is 19.3. The molecule has 0 aromatic carbocycles. The Kier molecular flexibility index (Phi) is 6.74. The molecule has 5 nitrogen and oxygen atoms in total. The molecule has 0 bridgehead atoms. The normalized spacial score (nSPS) is 35.0. The van der Waals surface area contributed by atoms with Crippen molar-refractivity contribution in [2.75, 3.05) is 6.61 Å². The highest BCUT2D eigenvalue weighted by Crippen LogP contribution is 2.63. The summed E-state index contributed by atoms with van der Waals surface area (Å²) in [5.41, 5.74) is 0. The minimum atomic E-state index is -2.19.